The maximum absolute atomic E-state index is 8.95. The number of rotatable bonds is 3. The molecule has 2 nitrogen and oxygen atoms in total. The standard InChI is InChI=1S/C10H14N2S/c1-4-8-5-6-10(13-8)9(7-11)12(2)3/h5-6,9H,4H2,1-3H3. The summed E-state index contributed by atoms with van der Waals surface area (Å²) in [6, 6.07) is 6.36. The van der Waals surface area contributed by atoms with Crippen LogP contribution < -0.4 is 0 Å². The third-order valence-corrected chi connectivity index (χ3v) is 3.22. The molecule has 0 saturated heterocycles. The Kier molecular flexibility index (Phi) is 3.47. The van der Waals surface area contributed by atoms with Gasteiger partial charge in [0.1, 0.15) is 6.04 Å². The average molecular weight is 194 g/mol. The van der Waals surface area contributed by atoms with Gasteiger partial charge in [0.15, 0.2) is 0 Å². The molecule has 0 aliphatic rings. The molecule has 13 heavy (non-hydrogen) atoms. The summed E-state index contributed by atoms with van der Waals surface area (Å²) < 4.78 is 0. The zero-order valence-electron chi connectivity index (χ0n) is 8.24. The van der Waals surface area contributed by atoms with Gasteiger partial charge < -0.3 is 0 Å². The molecule has 0 fully saturated rings. The Balaban J connectivity index is 2.87. The summed E-state index contributed by atoms with van der Waals surface area (Å²) in [6.07, 6.45) is 1.05. The van der Waals surface area contributed by atoms with Crippen LogP contribution in [0.3, 0.4) is 0 Å². The number of hydrogen-bond acceptors (Lipinski definition) is 3. The molecular weight excluding hydrogens is 180 g/mol. The van der Waals surface area contributed by atoms with Crippen LogP contribution in [0.5, 0.6) is 0 Å². The van der Waals surface area contributed by atoms with Crippen molar-refractivity contribution in [2.75, 3.05) is 14.1 Å². The lowest BCUT2D eigenvalue weighted by Crippen LogP contribution is -2.16. The highest BCUT2D eigenvalue weighted by Crippen LogP contribution is 2.25. The molecule has 0 bridgehead atoms. The lowest BCUT2D eigenvalue weighted by Gasteiger charge is -2.14. The Morgan fingerprint density at radius 2 is 2.23 bits per heavy atom. The maximum atomic E-state index is 8.95. The van der Waals surface area contributed by atoms with E-state index in [0.29, 0.717) is 0 Å². The molecular formula is C10H14N2S. The van der Waals surface area contributed by atoms with Crippen LogP contribution in [0.4, 0.5) is 0 Å². The van der Waals surface area contributed by atoms with Gasteiger partial charge in [-0.3, -0.25) is 4.90 Å². The topological polar surface area (TPSA) is 27.0 Å². The molecule has 1 unspecified atom stereocenters. The van der Waals surface area contributed by atoms with Gasteiger partial charge in [-0.2, -0.15) is 5.26 Å². The van der Waals surface area contributed by atoms with E-state index in [2.05, 4.69) is 25.1 Å². The second-order valence-electron chi connectivity index (χ2n) is 3.15. The molecule has 0 aliphatic heterocycles. The smallest absolute Gasteiger partial charge is 0.132 e. The van der Waals surface area contributed by atoms with Gasteiger partial charge in [0, 0.05) is 9.75 Å². The van der Waals surface area contributed by atoms with Crippen molar-refractivity contribution in [3.05, 3.63) is 21.9 Å². The summed E-state index contributed by atoms with van der Waals surface area (Å²) in [4.78, 5) is 4.42. The minimum Gasteiger partial charge on any atom is -0.290 e. The van der Waals surface area contributed by atoms with Crippen LogP contribution in [0, 0.1) is 11.3 Å². The first-order valence-corrected chi connectivity index (χ1v) is 5.15. The van der Waals surface area contributed by atoms with Crippen molar-refractivity contribution in [1.29, 1.82) is 5.26 Å². The first-order valence-electron chi connectivity index (χ1n) is 4.33. The highest BCUT2D eigenvalue weighted by Gasteiger charge is 2.14. The molecule has 0 N–H and O–H groups in total. The van der Waals surface area contributed by atoms with E-state index in [-0.39, 0.29) is 6.04 Å². The summed E-state index contributed by atoms with van der Waals surface area (Å²) in [7, 11) is 3.86. The normalized spacial score (nSPS) is 12.8. The second kappa shape index (κ2) is 4.40. The quantitative estimate of drug-likeness (QED) is 0.739. The summed E-state index contributed by atoms with van der Waals surface area (Å²) in [5.74, 6) is 0. The van der Waals surface area contributed by atoms with Crippen molar-refractivity contribution >= 4 is 11.3 Å². The summed E-state index contributed by atoms with van der Waals surface area (Å²) >= 11 is 1.73. The Morgan fingerprint density at radius 1 is 1.54 bits per heavy atom. The predicted octanol–water partition coefficient (Wildman–Crippen LogP) is 2.44. The number of nitrogens with zero attached hydrogens (tertiary/aromatic N) is 2. The molecule has 0 aliphatic carbocycles. The minimum atomic E-state index is -0.0923. The Morgan fingerprint density at radius 3 is 2.62 bits per heavy atom. The number of hydrogen-bond donors (Lipinski definition) is 0. The van der Waals surface area contributed by atoms with Gasteiger partial charge in [0.05, 0.1) is 6.07 Å². The molecule has 1 aromatic heterocycles. The molecule has 0 spiro atoms. The largest absolute Gasteiger partial charge is 0.290 e. The fourth-order valence-corrected chi connectivity index (χ4v) is 2.26. The first-order chi connectivity index (χ1) is 6.19. The molecule has 0 aromatic carbocycles. The van der Waals surface area contributed by atoms with Crippen molar-refractivity contribution < 1.29 is 0 Å². The van der Waals surface area contributed by atoms with Crippen LogP contribution in [0.1, 0.15) is 22.7 Å². The molecule has 1 heterocycles. The Bertz CT molecular complexity index is 309. The fraction of sp³-hybridized carbons (Fsp3) is 0.500. The van der Waals surface area contributed by atoms with Crippen molar-refractivity contribution in [3.63, 3.8) is 0 Å². The van der Waals surface area contributed by atoms with Gasteiger partial charge in [0.2, 0.25) is 0 Å². The molecule has 70 valence electrons. The molecule has 1 aromatic rings. The van der Waals surface area contributed by atoms with Crippen LogP contribution in [0.25, 0.3) is 0 Å². The number of nitriles is 1. The van der Waals surface area contributed by atoms with Crippen LogP contribution in [0.2, 0.25) is 0 Å². The maximum Gasteiger partial charge on any atom is 0.132 e. The molecule has 1 atom stereocenters. The van der Waals surface area contributed by atoms with Crippen molar-refractivity contribution in [2.45, 2.75) is 19.4 Å². The van der Waals surface area contributed by atoms with Crippen LogP contribution in [-0.4, -0.2) is 19.0 Å². The van der Waals surface area contributed by atoms with Crippen LogP contribution in [-0.2, 0) is 6.42 Å². The SMILES string of the molecule is CCc1ccc(C(C#N)N(C)C)s1. The number of thiophene rings is 1. The lowest BCUT2D eigenvalue weighted by atomic mass is 10.2. The minimum absolute atomic E-state index is 0.0923. The zero-order valence-corrected chi connectivity index (χ0v) is 9.06. The summed E-state index contributed by atoms with van der Waals surface area (Å²) in [5.41, 5.74) is 0. The van der Waals surface area contributed by atoms with Gasteiger partial charge in [-0.15, -0.1) is 11.3 Å². The molecule has 0 saturated carbocycles. The fourth-order valence-electron chi connectivity index (χ4n) is 1.17. The summed E-state index contributed by atoms with van der Waals surface area (Å²) in [5, 5.41) is 8.95. The Labute approximate surface area is 83.4 Å². The first kappa shape index (κ1) is 10.2. The Hall–Kier alpha value is -0.850. The van der Waals surface area contributed by atoms with E-state index in [9.17, 15) is 0 Å². The van der Waals surface area contributed by atoms with Crippen molar-refractivity contribution in [2.24, 2.45) is 0 Å². The van der Waals surface area contributed by atoms with E-state index in [1.807, 2.05) is 19.0 Å². The van der Waals surface area contributed by atoms with E-state index < -0.39 is 0 Å². The van der Waals surface area contributed by atoms with Crippen LogP contribution >= 0.6 is 11.3 Å². The number of aryl methyl sites for hydroxylation is 1. The molecule has 0 amide bonds. The van der Waals surface area contributed by atoms with E-state index >= 15 is 0 Å². The third-order valence-electron chi connectivity index (χ3n) is 1.94. The lowest BCUT2D eigenvalue weighted by molar-refractivity contribution is 0.362. The van der Waals surface area contributed by atoms with Crippen LogP contribution in [0.15, 0.2) is 12.1 Å². The average Bonchev–Trinajstić information content (AvgIpc) is 2.53. The van der Waals surface area contributed by atoms with E-state index in [1.165, 1.54) is 4.88 Å². The van der Waals surface area contributed by atoms with Crippen molar-refractivity contribution in [1.82, 2.24) is 4.90 Å². The van der Waals surface area contributed by atoms with E-state index in [1.54, 1.807) is 11.3 Å². The van der Waals surface area contributed by atoms with E-state index in [0.717, 1.165) is 11.3 Å². The second-order valence-corrected chi connectivity index (χ2v) is 4.35. The predicted molar refractivity (Wildman–Crippen MR) is 55.7 cm³/mol. The third kappa shape index (κ3) is 2.30. The van der Waals surface area contributed by atoms with E-state index in [4.69, 9.17) is 5.26 Å². The van der Waals surface area contributed by atoms with Gasteiger partial charge in [-0.25, -0.2) is 0 Å². The molecule has 0 radical (unpaired) electrons. The molecule has 3 heteroatoms. The highest BCUT2D eigenvalue weighted by molar-refractivity contribution is 7.12. The van der Waals surface area contributed by atoms with Gasteiger partial charge >= 0.3 is 0 Å². The molecule has 1 rings (SSSR count). The zero-order chi connectivity index (χ0) is 9.84. The van der Waals surface area contributed by atoms with Gasteiger partial charge in [-0.05, 0) is 32.6 Å². The van der Waals surface area contributed by atoms with Gasteiger partial charge in [-0.1, -0.05) is 6.92 Å². The van der Waals surface area contributed by atoms with Gasteiger partial charge in [0.25, 0.3) is 0 Å². The summed E-state index contributed by atoms with van der Waals surface area (Å²) in [6.45, 7) is 2.13. The monoisotopic (exact) mass is 194 g/mol. The highest BCUT2D eigenvalue weighted by atomic mass is 32.1. The van der Waals surface area contributed by atoms with Crippen molar-refractivity contribution in [3.8, 4) is 6.07 Å².